The second-order valence-electron chi connectivity index (χ2n) is 9.34. The van der Waals surface area contributed by atoms with Gasteiger partial charge in [0.1, 0.15) is 17.3 Å². The van der Waals surface area contributed by atoms with Crippen LogP contribution in [-0.4, -0.2) is 9.97 Å². The van der Waals surface area contributed by atoms with Crippen molar-refractivity contribution in [2.45, 2.75) is 39.0 Å². The van der Waals surface area contributed by atoms with Crippen LogP contribution in [0.2, 0.25) is 0 Å². The average Bonchev–Trinajstić information content (AvgIpc) is 3.75. The molecule has 0 amide bonds. The number of anilines is 1. The third-order valence-corrected chi connectivity index (χ3v) is 6.83. The van der Waals surface area contributed by atoms with Crippen LogP contribution in [0, 0.1) is 5.92 Å². The molecule has 0 bridgehead atoms. The molecule has 0 aliphatic heterocycles. The van der Waals surface area contributed by atoms with Crippen LogP contribution in [0.5, 0.6) is 11.5 Å². The van der Waals surface area contributed by atoms with Gasteiger partial charge in [0.05, 0.1) is 5.52 Å². The first-order valence-electron chi connectivity index (χ1n) is 12.6. The largest absolute Gasteiger partial charge is 0.457 e. The molecule has 4 heteroatoms. The van der Waals surface area contributed by atoms with Gasteiger partial charge in [-0.05, 0) is 86.1 Å². The first kappa shape index (κ1) is 21.6. The molecule has 4 aromatic rings. The lowest BCUT2D eigenvalue weighted by Crippen LogP contribution is -2.09. The highest BCUT2D eigenvalue weighted by Gasteiger charge is 2.28. The van der Waals surface area contributed by atoms with Gasteiger partial charge in [0.15, 0.2) is 5.82 Å². The molecule has 1 aromatic heterocycles. The molecular weight excluding hydrogens is 430 g/mol. The van der Waals surface area contributed by atoms with E-state index in [-0.39, 0.29) is 0 Å². The summed E-state index contributed by atoms with van der Waals surface area (Å²) < 4.78 is 6.06. The highest BCUT2D eigenvalue weighted by Crippen LogP contribution is 2.43. The van der Waals surface area contributed by atoms with E-state index >= 15 is 0 Å². The van der Waals surface area contributed by atoms with Crippen molar-refractivity contribution in [3.8, 4) is 22.9 Å². The fraction of sp³-hybridized carbons (Fsp3) is 0.226. The van der Waals surface area contributed by atoms with Crippen molar-refractivity contribution in [2.75, 3.05) is 5.32 Å². The van der Waals surface area contributed by atoms with Gasteiger partial charge in [0, 0.05) is 16.6 Å². The fourth-order valence-corrected chi connectivity index (χ4v) is 4.85. The van der Waals surface area contributed by atoms with Crippen molar-refractivity contribution in [1.82, 2.24) is 9.97 Å². The van der Waals surface area contributed by atoms with Crippen LogP contribution in [0.3, 0.4) is 0 Å². The monoisotopic (exact) mass is 459 g/mol. The van der Waals surface area contributed by atoms with E-state index in [2.05, 4.69) is 30.4 Å². The highest BCUT2D eigenvalue weighted by atomic mass is 16.5. The molecule has 2 aliphatic carbocycles. The SMILES string of the molecule is CCC1=C(C2CC2)C=C(Nc2nc(-c3cccc(Oc4ccccc4)c3)nc3ccccc23)CC1. The lowest BCUT2D eigenvalue weighted by molar-refractivity contribution is 0.483. The number of ether oxygens (including phenoxy) is 1. The predicted octanol–water partition coefficient (Wildman–Crippen LogP) is 8.30. The number of nitrogens with one attached hydrogen (secondary N) is 1. The summed E-state index contributed by atoms with van der Waals surface area (Å²) in [5.74, 6) is 3.88. The molecule has 3 aromatic carbocycles. The summed E-state index contributed by atoms with van der Waals surface area (Å²) in [6.07, 6.45) is 8.35. The summed E-state index contributed by atoms with van der Waals surface area (Å²) in [6.45, 7) is 2.28. The Kier molecular flexibility index (Phi) is 5.79. The minimum Gasteiger partial charge on any atom is -0.457 e. The van der Waals surface area contributed by atoms with E-state index in [0.717, 1.165) is 59.0 Å². The molecule has 1 fully saturated rings. The molecule has 4 nitrogen and oxygen atoms in total. The Balaban J connectivity index is 1.36. The van der Waals surface area contributed by atoms with Crippen molar-refractivity contribution < 1.29 is 4.74 Å². The van der Waals surface area contributed by atoms with Gasteiger partial charge in [-0.2, -0.15) is 0 Å². The Morgan fingerprint density at radius 1 is 0.857 bits per heavy atom. The molecule has 1 saturated carbocycles. The van der Waals surface area contributed by atoms with Gasteiger partial charge in [-0.1, -0.05) is 55.0 Å². The smallest absolute Gasteiger partial charge is 0.162 e. The van der Waals surface area contributed by atoms with Crippen LogP contribution >= 0.6 is 0 Å². The summed E-state index contributed by atoms with van der Waals surface area (Å²) in [7, 11) is 0. The van der Waals surface area contributed by atoms with Crippen LogP contribution in [0.25, 0.3) is 22.3 Å². The number of hydrogen-bond acceptors (Lipinski definition) is 4. The molecular formula is C31H29N3O. The molecule has 1 N–H and O–H groups in total. The third-order valence-electron chi connectivity index (χ3n) is 6.83. The van der Waals surface area contributed by atoms with E-state index in [9.17, 15) is 0 Å². The Morgan fingerprint density at radius 3 is 2.49 bits per heavy atom. The van der Waals surface area contributed by atoms with Crippen molar-refractivity contribution in [1.29, 1.82) is 0 Å². The standard InChI is InChI=1S/C31H29N3O/c1-2-21-17-18-24(20-28(21)22-15-16-22)32-31-27-13-6-7-14-29(27)33-30(34-31)23-9-8-12-26(19-23)35-25-10-4-3-5-11-25/h3-14,19-20,22H,2,15-18H2,1H3,(H,32,33,34). The van der Waals surface area contributed by atoms with Gasteiger partial charge in [-0.15, -0.1) is 0 Å². The Morgan fingerprint density at radius 2 is 1.66 bits per heavy atom. The van der Waals surface area contributed by atoms with Gasteiger partial charge >= 0.3 is 0 Å². The Hall–Kier alpha value is -3.92. The van der Waals surface area contributed by atoms with Crippen LogP contribution in [0.15, 0.2) is 102 Å². The van der Waals surface area contributed by atoms with Crippen molar-refractivity contribution in [3.63, 3.8) is 0 Å². The number of allylic oxidation sites excluding steroid dienone is 4. The van der Waals surface area contributed by atoms with Crippen LogP contribution in [-0.2, 0) is 0 Å². The summed E-state index contributed by atoms with van der Waals surface area (Å²) in [5, 5.41) is 4.72. The van der Waals surface area contributed by atoms with Crippen molar-refractivity contribution in [3.05, 3.63) is 102 Å². The molecule has 0 unspecified atom stereocenters. The molecule has 1 heterocycles. The number of para-hydroxylation sites is 2. The van der Waals surface area contributed by atoms with Crippen molar-refractivity contribution in [2.24, 2.45) is 5.92 Å². The minimum atomic E-state index is 0.688. The van der Waals surface area contributed by atoms with Gasteiger partial charge in [-0.25, -0.2) is 9.97 Å². The molecule has 0 spiro atoms. The van der Waals surface area contributed by atoms with Gasteiger partial charge < -0.3 is 10.1 Å². The maximum atomic E-state index is 6.06. The number of rotatable bonds is 7. The number of nitrogens with zero attached hydrogens (tertiary/aromatic N) is 2. The number of fused-ring (bicyclic) bond motifs is 1. The van der Waals surface area contributed by atoms with Crippen molar-refractivity contribution >= 4 is 16.7 Å². The predicted molar refractivity (Wildman–Crippen MR) is 142 cm³/mol. The lowest BCUT2D eigenvalue weighted by Gasteiger charge is -2.21. The van der Waals surface area contributed by atoms with Gasteiger partial charge in [0.2, 0.25) is 0 Å². The molecule has 0 radical (unpaired) electrons. The van der Waals surface area contributed by atoms with E-state index in [1.165, 1.54) is 18.5 Å². The molecule has 6 rings (SSSR count). The Labute approximate surface area is 206 Å². The fourth-order valence-electron chi connectivity index (χ4n) is 4.85. The maximum absolute atomic E-state index is 6.06. The summed E-state index contributed by atoms with van der Waals surface area (Å²) >= 11 is 0. The van der Waals surface area contributed by atoms with E-state index in [1.54, 1.807) is 11.1 Å². The zero-order valence-electron chi connectivity index (χ0n) is 20.0. The van der Waals surface area contributed by atoms with E-state index in [0.29, 0.717) is 5.82 Å². The molecule has 0 atom stereocenters. The molecule has 0 saturated heterocycles. The summed E-state index contributed by atoms with van der Waals surface area (Å²) in [4.78, 5) is 9.89. The van der Waals surface area contributed by atoms with E-state index in [4.69, 9.17) is 14.7 Å². The number of aromatic nitrogens is 2. The zero-order valence-corrected chi connectivity index (χ0v) is 20.0. The average molecular weight is 460 g/mol. The normalized spacial score (nSPS) is 15.7. The second-order valence-corrected chi connectivity index (χ2v) is 9.34. The van der Waals surface area contributed by atoms with Gasteiger partial charge in [-0.3, -0.25) is 0 Å². The highest BCUT2D eigenvalue weighted by molar-refractivity contribution is 5.91. The van der Waals surface area contributed by atoms with Crippen LogP contribution in [0.1, 0.15) is 39.0 Å². The first-order chi connectivity index (χ1) is 17.3. The summed E-state index contributed by atoms with van der Waals surface area (Å²) in [5.41, 5.74) is 6.29. The first-order valence-corrected chi connectivity index (χ1v) is 12.6. The second kappa shape index (κ2) is 9.38. The Bertz CT molecular complexity index is 1430. The molecule has 174 valence electrons. The van der Waals surface area contributed by atoms with Crippen LogP contribution < -0.4 is 10.1 Å². The van der Waals surface area contributed by atoms with Crippen LogP contribution in [0.4, 0.5) is 5.82 Å². The van der Waals surface area contributed by atoms with E-state index in [1.807, 2.05) is 66.7 Å². The van der Waals surface area contributed by atoms with E-state index < -0.39 is 0 Å². The van der Waals surface area contributed by atoms with Gasteiger partial charge in [0.25, 0.3) is 0 Å². The quantitative estimate of drug-likeness (QED) is 0.302. The lowest BCUT2D eigenvalue weighted by atomic mass is 9.91. The maximum Gasteiger partial charge on any atom is 0.162 e. The number of benzene rings is 3. The topological polar surface area (TPSA) is 47.0 Å². The third kappa shape index (κ3) is 4.69. The molecule has 35 heavy (non-hydrogen) atoms. The zero-order chi connectivity index (χ0) is 23.6. The summed E-state index contributed by atoms with van der Waals surface area (Å²) in [6, 6.07) is 26.0. The number of hydrogen-bond donors (Lipinski definition) is 1. The minimum absolute atomic E-state index is 0.688. The molecule has 2 aliphatic rings.